The molecule has 19 heavy (non-hydrogen) atoms. The molecule has 0 saturated carbocycles. The molecule has 0 fully saturated rings. The third-order valence-electron chi connectivity index (χ3n) is 2.62. The smallest absolute Gasteiger partial charge is 0.191 e. The van der Waals surface area contributed by atoms with Crippen LogP contribution in [0.15, 0.2) is 22.7 Å². The summed E-state index contributed by atoms with van der Waals surface area (Å²) in [6.45, 7) is 6.46. The van der Waals surface area contributed by atoms with Gasteiger partial charge in [-0.2, -0.15) is 0 Å². The molecule has 104 valence electrons. The van der Waals surface area contributed by atoms with Crippen LogP contribution in [0.1, 0.15) is 24.5 Å². The average molecular weight is 297 g/mol. The summed E-state index contributed by atoms with van der Waals surface area (Å²) in [7, 11) is 0. The number of thiophene rings is 1. The lowest BCUT2D eigenvalue weighted by Gasteiger charge is -2.16. The fourth-order valence-electron chi connectivity index (χ4n) is 1.64. The molecule has 0 aliphatic rings. The Labute approximate surface area is 121 Å². The van der Waals surface area contributed by atoms with Crippen molar-refractivity contribution in [2.24, 2.45) is 0 Å². The van der Waals surface area contributed by atoms with E-state index in [-0.39, 0.29) is 0 Å². The van der Waals surface area contributed by atoms with Gasteiger partial charge in [0.1, 0.15) is 5.82 Å². The van der Waals surface area contributed by atoms with Gasteiger partial charge in [-0.25, -0.2) is 0 Å². The number of nitrogens with zero attached hydrogens (tertiary/aromatic N) is 3. The minimum atomic E-state index is -0.691. The molecule has 0 bridgehead atoms. The molecule has 4 nitrogen and oxygen atoms in total. The topological polar surface area (TPSA) is 50.9 Å². The summed E-state index contributed by atoms with van der Waals surface area (Å²) < 4.78 is 2.12. The highest BCUT2D eigenvalue weighted by Gasteiger charge is 2.16. The number of aromatic nitrogens is 3. The molecule has 0 radical (unpaired) electrons. The van der Waals surface area contributed by atoms with E-state index < -0.39 is 5.60 Å². The van der Waals surface area contributed by atoms with E-state index in [0.29, 0.717) is 5.75 Å². The van der Waals surface area contributed by atoms with E-state index in [9.17, 15) is 5.11 Å². The number of aryl methyl sites for hydroxylation is 2. The molecule has 2 aromatic heterocycles. The van der Waals surface area contributed by atoms with E-state index >= 15 is 0 Å². The summed E-state index contributed by atoms with van der Waals surface area (Å²) in [5.41, 5.74) is -0.691. The van der Waals surface area contributed by atoms with Crippen LogP contribution in [-0.2, 0) is 13.0 Å². The first-order valence-corrected chi connectivity index (χ1v) is 8.09. The van der Waals surface area contributed by atoms with Gasteiger partial charge in [-0.05, 0) is 38.6 Å². The molecule has 6 heteroatoms. The minimum Gasteiger partial charge on any atom is -0.390 e. The van der Waals surface area contributed by atoms with Gasteiger partial charge >= 0.3 is 0 Å². The maximum Gasteiger partial charge on any atom is 0.191 e. The van der Waals surface area contributed by atoms with E-state index in [1.165, 1.54) is 4.88 Å². The predicted octanol–water partition coefficient (Wildman–Crippen LogP) is 2.75. The third-order valence-corrected chi connectivity index (χ3v) is 4.97. The molecule has 2 aromatic rings. The molecule has 1 N–H and O–H groups in total. The molecular weight excluding hydrogens is 278 g/mol. The van der Waals surface area contributed by atoms with Gasteiger partial charge in [-0.1, -0.05) is 17.8 Å². The van der Waals surface area contributed by atoms with Gasteiger partial charge in [0.2, 0.25) is 0 Å². The SMILES string of the molecule is Cc1nnc(SCC(C)(C)O)n1CCc1cccs1. The number of rotatable bonds is 6. The second kappa shape index (κ2) is 6.07. The van der Waals surface area contributed by atoms with Gasteiger partial charge in [0.15, 0.2) is 5.16 Å². The monoisotopic (exact) mass is 297 g/mol. The van der Waals surface area contributed by atoms with Crippen molar-refractivity contribution in [3.8, 4) is 0 Å². The lowest BCUT2D eigenvalue weighted by Crippen LogP contribution is -2.22. The molecule has 0 aliphatic carbocycles. The maximum atomic E-state index is 9.78. The number of hydrogen-bond donors (Lipinski definition) is 1. The van der Waals surface area contributed by atoms with Crippen molar-refractivity contribution < 1.29 is 5.11 Å². The van der Waals surface area contributed by atoms with E-state index in [2.05, 4.69) is 32.3 Å². The number of aliphatic hydroxyl groups is 1. The lowest BCUT2D eigenvalue weighted by atomic mass is 10.2. The van der Waals surface area contributed by atoms with E-state index in [1.54, 1.807) is 36.9 Å². The van der Waals surface area contributed by atoms with Gasteiger partial charge in [0.05, 0.1) is 5.60 Å². The molecule has 0 aliphatic heterocycles. The van der Waals surface area contributed by atoms with E-state index in [1.807, 2.05) is 6.92 Å². The molecule has 0 amide bonds. The van der Waals surface area contributed by atoms with Gasteiger partial charge < -0.3 is 9.67 Å². The van der Waals surface area contributed by atoms with Crippen LogP contribution in [0.5, 0.6) is 0 Å². The Morgan fingerprint density at radius 1 is 1.42 bits per heavy atom. The van der Waals surface area contributed by atoms with Crippen LogP contribution in [0, 0.1) is 6.92 Å². The standard InChI is InChI=1S/C13H19N3OS2/c1-10-14-15-12(19-9-13(2,3)17)16(10)7-6-11-5-4-8-18-11/h4-5,8,17H,6-7,9H2,1-3H3. The van der Waals surface area contributed by atoms with Crippen LogP contribution in [0.2, 0.25) is 0 Å². The summed E-state index contributed by atoms with van der Waals surface area (Å²) in [5.74, 6) is 1.54. The van der Waals surface area contributed by atoms with Gasteiger partial charge in [0, 0.05) is 17.2 Å². The van der Waals surface area contributed by atoms with Crippen LogP contribution in [-0.4, -0.2) is 31.2 Å². The van der Waals surface area contributed by atoms with E-state index in [4.69, 9.17) is 0 Å². The fraction of sp³-hybridized carbons (Fsp3) is 0.538. The van der Waals surface area contributed by atoms with Crippen molar-refractivity contribution in [1.82, 2.24) is 14.8 Å². The zero-order chi connectivity index (χ0) is 13.9. The van der Waals surface area contributed by atoms with Crippen molar-refractivity contribution in [2.75, 3.05) is 5.75 Å². The summed E-state index contributed by atoms with van der Waals surface area (Å²) >= 11 is 3.33. The fourth-order valence-corrected chi connectivity index (χ4v) is 3.30. The van der Waals surface area contributed by atoms with Gasteiger partial charge in [-0.15, -0.1) is 21.5 Å². The lowest BCUT2D eigenvalue weighted by molar-refractivity contribution is 0.107. The van der Waals surface area contributed by atoms with E-state index in [0.717, 1.165) is 23.9 Å². The predicted molar refractivity (Wildman–Crippen MR) is 79.8 cm³/mol. The average Bonchev–Trinajstić information content (AvgIpc) is 2.93. The first-order valence-electron chi connectivity index (χ1n) is 6.23. The quantitative estimate of drug-likeness (QED) is 0.833. The van der Waals surface area contributed by atoms with Crippen molar-refractivity contribution in [3.63, 3.8) is 0 Å². The van der Waals surface area contributed by atoms with Crippen LogP contribution in [0.25, 0.3) is 0 Å². The Kier molecular flexibility index (Phi) is 4.65. The molecule has 0 unspecified atom stereocenters. The van der Waals surface area contributed by atoms with Crippen LogP contribution in [0.3, 0.4) is 0 Å². The molecular formula is C13H19N3OS2. The Hall–Kier alpha value is -0.850. The summed E-state index contributed by atoms with van der Waals surface area (Å²) in [4.78, 5) is 1.37. The summed E-state index contributed by atoms with van der Waals surface area (Å²) in [6, 6.07) is 4.22. The first kappa shape index (κ1) is 14.6. The van der Waals surface area contributed by atoms with Crippen LogP contribution in [0.4, 0.5) is 0 Å². The second-order valence-corrected chi connectivity index (χ2v) is 7.09. The number of thioether (sulfide) groups is 1. The van der Waals surface area contributed by atoms with Crippen LogP contribution < -0.4 is 0 Å². The van der Waals surface area contributed by atoms with Crippen LogP contribution >= 0.6 is 23.1 Å². The molecule has 2 rings (SSSR count). The Bertz CT molecular complexity index is 514. The highest BCUT2D eigenvalue weighted by molar-refractivity contribution is 7.99. The maximum absolute atomic E-state index is 9.78. The molecule has 0 saturated heterocycles. The Balaban J connectivity index is 2.01. The van der Waals surface area contributed by atoms with Crippen molar-refractivity contribution in [2.45, 2.75) is 44.5 Å². The zero-order valence-electron chi connectivity index (χ0n) is 11.5. The highest BCUT2D eigenvalue weighted by atomic mass is 32.2. The Morgan fingerprint density at radius 2 is 2.21 bits per heavy atom. The minimum absolute atomic E-state index is 0.615. The molecule has 0 aromatic carbocycles. The van der Waals surface area contributed by atoms with Gasteiger partial charge in [-0.3, -0.25) is 0 Å². The highest BCUT2D eigenvalue weighted by Crippen LogP contribution is 2.22. The largest absolute Gasteiger partial charge is 0.390 e. The zero-order valence-corrected chi connectivity index (χ0v) is 13.1. The van der Waals surface area contributed by atoms with Crippen molar-refractivity contribution >= 4 is 23.1 Å². The normalized spacial score (nSPS) is 12.0. The van der Waals surface area contributed by atoms with Crippen molar-refractivity contribution in [3.05, 3.63) is 28.2 Å². The second-order valence-electron chi connectivity index (χ2n) is 5.11. The number of hydrogen-bond acceptors (Lipinski definition) is 5. The first-order chi connectivity index (χ1) is 8.96. The molecule has 0 atom stereocenters. The summed E-state index contributed by atoms with van der Waals surface area (Å²) in [5, 5.41) is 21.1. The van der Waals surface area contributed by atoms with Crippen molar-refractivity contribution in [1.29, 1.82) is 0 Å². The molecule has 0 spiro atoms. The molecule has 2 heterocycles. The third kappa shape index (κ3) is 4.33. The summed E-state index contributed by atoms with van der Waals surface area (Å²) in [6.07, 6.45) is 0.993. The van der Waals surface area contributed by atoms with Gasteiger partial charge in [0.25, 0.3) is 0 Å². The Morgan fingerprint density at radius 3 is 2.84 bits per heavy atom.